The largest absolute Gasteiger partial charge is 0.456 e. The molecule has 0 aliphatic carbocycles. The van der Waals surface area contributed by atoms with Crippen LogP contribution in [0.15, 0.2) is 30.3 Å². The molecule has 0 saturated carbocycles. The van der Waals surface area contributed by atoms with E-state index >= 15 is 0 Å². The minimum atomic E-state index is -0.191. The second-order valence-electron chi connectivity index (χ2n) is 8.14. The van der Waals surface area contributed by atoms with Gasteiger partial charge in [0.05, 0.1) is 34.9 Å². The molecule has 6 rings (SSSR count). The van der Waals surface area contributed by atoms with Gasteiger partial charge in [-0.05, 0) is 24.5 Å². The number of halogens is 1. The van der Waals surface area contributed by atoms with Crippen molar-refractivity contribution in [1.29, 1.82) is 0 Å². The fourth-order valence-corrected chi connectivity index (χ4v) is 4.87. The van der Waals surface area contributed by atoms with Gasteiger partial charge >= 0.3 is 0 Å². The van der Waals surface area contributed by atoms with Gasteiger partial charge < -0.3 is 24.5 Å². The number of H-pyrrole nitrogens is 1. The zero-order valence-corrected chi connectivity index (χ0v) is 17.4. The van der Waals surface area contributed by atoms with E-state index in [0.29, 0.717) is 41.1 Å². The summed E-state index contributed by atoms with van der Waals surface area (Å²) in [5, 5.41) is 3.38. The number of benzene rings is 1. The second kappa shape index (κ2) is 7.47. The summed E-state index contributed by atoms with van der Waals surface area (Å²) in [7, 11) is 0. The molecule has 3 aromatic rings. The first-order valence-corrected chi connectivity index (χ1v) is 10.9. The lowest BCUT2D eigenvalue weighted by Crippen LogP contribution is -2.32. The first-order chi connectivity index (χ1) is 15.2. The van der Waals surface area contributed by atoms with Crippen LogP contribution in [0.25, 0.3) is 22.4 Å². The van der Waals surface area contributed by atoms with Crippen LogP contribution in [0.1, 0.15) is 24.3 Å². The quantitative estimate of drug-likeness (QED) is 0.647. The molecule has 3 saturated heterocycles. The van der Waals surface area contributed by atoms with Crippen LogP contribution in [0, 0.1) is 0 Å². The number of pyridine rings is 1. The lowest BCUT2D eigenvalue weighted by atomic mass is 9.96. The third-order valence-corrected chi connectivity index (χ3v) is 6.51. The molecule has 9 heteroatoms. The maximum absolute atomic E-state index is 11.9. The normalized spacial score (nSPS) is 27.6. The van der Waals surface area contributed by atoms with Crippen LogP contribution in [-0.2, 0) is 14.3 Å². The van der Waals surface area contributed by atoms with Crippen LogP contribution < -0.4 is 10.1 Å². The van der Waals surface area contributed by atoms with Gasteiger partial charge in [-0.1, -0.05) is 35.9 Å². The number of amides is 1. The van der Waals surface area contributed by atoms with Gasteiger partial charge in [0.25, 0.3) is 6.01 Å². The van der Waals surface area contributed by atoms with Crippen molar-refractivity contribution >= 4 is 28.7 Å². The molecule has 2 unspecified atom stereocenters. The highest BCUT2D eigenvalue weighted by Crippen LogP contribution is 2.33. The lowest BCUT2D eigenvalue weighted by Gasteiger charge is -2.15. The molecule has 2 aromatic heterocycles. The molecule has 1 amide bonds. The van der Waals surface area contributed by atoms with Gasteiger partial charge in [-0.3, -0.25) is 4.79 Å². The Bertz CT molecular complexity index is 1150. The van der Waals surface area contributed by atoms with Gasteiger partial charge in [-0.15, -0.1) is 0 Å². The number of carbonyl (C=O) groups is 1. The van der Waals surface area contributed by atoms with Crippen LogP contribution in [0.5, 0.6) is 6.01 Å². The van der Waals surface area contributed by atoms with E-state index in [0.717, 1.165) is 30.5 Å². The summed E-state index contributed by atoms with van der Waals surface area (Å²) in [5.74, 6) is -0.00890. The fraction of sp³-hybridized carbons (Fsp3) is 0.409. The fourth-order valence-electron chi connectivity index (χ4n) is 4.61. The van der Waals surface area contributed by atoms with Gasteiger partial charge in [-0.2, -0.15) is 4.98 Å². The monoisotopic (exact) mass is 440 g/mol. The number of rotatable bonds is 4. The van der Waals surface area contributed by atoms with Crippen LogP contribution in [-0.4, -0.2) is 58.9 Å². The molecule has 31 heavy (non-hydrogen) atoms. The Balaban J connectivity index is 1.26. The van der Waals surface area contributed by atoms with Gasteiger partial charge in [0, 0.05) is 18.7 Å². The number of hydrogen-bond donors (Lipinski definition) is 2. The summed E-state index contributed by atoms with van der Waals surface area (Å²) in [6.07, 6.45) is 1.57. The molecule has 4 atom stereocenters. The van der Waals surface area contributed by atoms with E-state index in [9.17, 15) is 4.79 Å². The average molecular weight is 441 g/mol. The number of fused-ring (bicyclic) bond motifs is 2. The number of carbonyl (C=O) groups excluding carboxylic acids is 1. The first kappa shape index (κ1) is 19.0. The van der Waals surface area contributed by atoms with Crippen molar-refractivity contribution in [2.24, 2.45) is 0 Å². The first-order valence-electron chi connectivity index (χ1n) is 10.5. The number of aromatic amines is 1. The highest BCUT2D eigenvalue weighted by atomic mass is 35.5. The predicted octanol–water partition coefficient (Wildman–Crippen LogP) is 2.82. The van der Waals surface area contributed by atoms with E-state index in [-0.39, 0.29) is 30.1 Å². The van der Waals surface area contributed by atoms with Gasteiger partial charge in [0.1, 0.15) is 6.10 Å². The van der Waals surface area contributed by atoms with E-state index in [1.165, 1.54) is 0 Å². The smallest absolute Gasteiger partial charge is 0.296 e. The Morgan fingerprint density at radius 1 is 1.13 bits per heavy atom. The standard InChI is InChI=1S/C22H21ClN4O4/c23-14-9-15-20(27-22(25-15)31-17-10-30-16-6-8-29-19(16)17)26-18(14)12-3-1-11(2-4-12)13-5-7-24-21(13)28/h1-4,9,13,16-17,19H,5-8,10H2,(H,24,28)(H,25,26,27)/t13?,16-,17?,19+/m1/s1. The van der Waals surface area contributed by atoms with E-state index in [4.69, 9.17) is 25.8 Å². The Morgan fingerprint density at radius 2 is 2.00 bits per heavy atom. The maximum atomic E-state index is 11.9. The minimum Gasteiger partial charge on any atom is -0.456 e. The number of ether oxygens (including phenoxy) is 3. The Hall–Kier alpha value is -2.68. The Morgan fingerprint density at radius 3 is 2.81 bits per heavy atom. The molecule has 3 aliphatic heterocycles. The Kier molecular flexibility index (Phi) is 4.59. The molecule has 5 heterocycles. The molecule has 0 bridgehead atoms. The summed E-state index contributed by atoms with van der Waals surface area (Å²) in [4.78, 5) is 24.2. The molecule has 3 fully saturated rings. The van der Waals surface area contributed by atoms with Gasteiger partial charge in [0.2, 0.25) is 5.91 Å². The molecule has 8 nitrogen and oxygen atoms in total. The van der Waals surface area contributed by atoms with Crippen LogP contribution >= 0.6 is 11.6 Å². The summed E-state index contributed by atoms with van der Waals surface area (Å²) in [5.41, 5.74) is 3.73. The van der Waals surface area contributed by atoms with E-state index < -0.39 is 0 Å². The molecular weight excluding hydrogens is 420 g/mol. The molecule has 160 valence electrons. The molecule has 1 aromatic carbocycles. The van der Waals surface area contributed by atoms with Crippen molar-refractivity contribution in [2.75, 3.05) is 19.8 Å². The summed E-state index contributed by atoms with van der Waals surface area (Å²) in [6, 6.07) is 9.99. The van der Waals surface area contributed by atoms with Crippen LogP contribution in [0.3, 0.4) is 0 Å². The van der Waals surface area contributed by atoms with Crippen LogP contribution in [0.4, 0.5) is 0 Å². The summed E-state index contributed by atoms with van der Waals surface area (Å²) < 4.78 is 17.5. The number of nitrogens with zero attached hydrogens (tertiary/aromatic N) is 2. The van der Waals surface area contributed by atoms with Crippen molar-refractivity contribution in [3.05, 3.63) is 40.9 Å². The topological polar surface area (TPSA) is 98.4 Å². The molecule has 2 N–H and O–H groups in total. The molecule has 0 spiro atoms. The zero-order valence-electron chi connectivity index (χ0n) is 16.6. The predicted molar refractivity (Wildman–Crippen MR) is 113 cm³/mol. The number of nitrogens with one attached hydrogen (secondary N) is 2. The summed E-state index contributed by atoms with van der Waals surface area (Å²) in [6.45, 7) is 1.90. The lowest BCUT2D eigenvalue weighted by molar-refractivity contribution is -0.120. The van der Waals surface area contributed by atoms with Crippen molar-refractivity contribution in [2.45, 2.75) is 37.1 Å². The van der Waals surface area contributed by atoms with E-state index in [1.807, 2.05) is 24.3 Å². The maximum Gasteiger partial charge on any atom is 0.296 e. The van der Waals surface area contributed by atoms with Crippen LogP contribution in [0.2, 0.25) is 5.02 Å². The van der Waals surface area contributed by atoms with Gasteiger partial charge in [0.15, 0.2) is 11.8 Å². The van der Waals surface area contributed by atoms with Crippen molar-refractivity contribution < 1.29 is 19.0 Å². The van der Waals surface area contributed by atoms with Crippen molar-refractivity contribution in [1.82, 2.24) is 20.3 Å². The Labute approximate surface area is 183 Å². The number of imidazole rings is 1. The SMILES string of the molecule is O=C1NCCC1c1ccc(-c2nc3nc(OC4CO[C@@H]5CCO[C@H]45)[nH]c3cc2Cl)cc1. The third-order valence-electron chi connectivity index (χ3n) is 6.22. The highest BCUT2D eigenvalue weighted by molar-refractivity contribution is 6.33. The number of hydrogen-bond acceptors (Lipinski definition) is 6. The third kappa shape index (κ3) is 3.35. The summed E-state index contributed by atoms with van der Waals surface area (Å²) >= 11 is 6.53. The van der Waals surface area contributed by atoms with Gasteiger partial charge in [-0.25, -0.2) is 4.98 Å². The zero-order chi connectivity index (χ0) is 20.9. The van der Waals surface area contributed by atoms with Crippen molar-refractivity contribution in [3.8, 4) is 17.3 Å². The highest BCUT2D eigenvalue weighted by Gasteiger charge is 2.43. The molecular formula is C22H21ClN4O4. The second-order valence-corrected chi connectivity index (χ2v) is 8.55. The van der Waals surface area contributed by atoms with Crippen molar-refractivity contribution in [3.63, 3.8) is 0 Å². The molecule has 0 radical (unpaired) electrons. The molecule has 3 aliphatic rings. The number of aromatic nitrogens is 3. The van der Waals surface area contributed by atoms with E-state index in [2.05, 4.69) is 20.3 Å². The van der Waals surface area contributed by atoms with E-state index in [1.54, 1.807) is 6.07 Å². The minimum absolute atomic E-state index is 0.0548. The average Bonchev–Trinajstić information content (AvgIpc) is 3.54.